The van der Waals surface area contributed by atoms with E-state index < -0.39 is 0 Å². The molecule has 2 aliphatic rings. The van der Waals surface area contributed by atoms with Gasteiger partial charge in [0.25, 0.3) is 0 Å². The summed E-state index contributed by atoms with van der Waals surface area (Å²) in [6.45, 7) is 3.31. The molecule has 0 aromatic heterocycles. The first-order chi connectivity index (χ1) is 9.28. The normalized spacial score (nSPS) is 33.6. The molecule has 2 heterocycles. The smallest absolute Gasteiger partial charge is 0.184 e. The summed E-state index contributed by atoms with van der Waals surface area (Å²) in [5.41, 5.74) is 2.47. The molecular weight excluding hydrogens is 244 g/mol. The van der Waals surface area contributed by atoms with Gasteiger partial charge in [0.15, 0.2) is 6.29 Å². The maximum Gasteiger partial charge on any atom is 0.184 e. The molecule has 2 aliphatic heterocycles. The van der Waals surface area contributed by atoms with E-state index in [4.69, 9.17) is 18.9 Å². The predicted octanol–water partition coefficient (Wildman–Crippen LogP) is 2.04. The third-order valence-corrected chi connectivity index (χ3v) is 3.93. The maximum absolute atomic E-state index is 6.03. The fraction of sp³-hybridized carbons (Fsp3) is 0.600. The molecule has 0 amide bonds. The third kappa shape index (κ3) is 2.67. The molecule has 1 unspecified atom stereocenters. The van der Waals surface area contributed by atoms with Crippen molar-refractivity contribution >= 4 is 0 Å². The van der Waals surface area contributed by atoms with Crippen molar-refractivity contribution in [3.8, 4) is 0 Å². The minimum absolute atomic E-state index is 0.0272. The monoisotopic (exact) mass is 264 g/mol. The molecule has 2 saturated heterocycles. The van der Waals surface area contributed by atoms with Gasteiger partial charge in [0.1, 0.15) is 12.2 Å². The zero-order valence-corrected chi connectivity index (χ0v) is 11.4. The van der Waals surface area contributed by atoms with Crippen LogP contribution in [0, 0.1) is 6.92 Å². The Kier molecular flexibility index (Phi) is 3.84. The Balaban J connectivity index is 1.62. The Morgan fingerprint density at radius 2 is 2.11 bits per heavy atom. The molecule has 0 aliphatic carbocycles. The summed E-state index contributed by atoms with van der Waals surface area (Å²) in [4.78, 5) is 0. The second-order valence-corrected chi connectivity index (χ2v) is 5.16. The summed E-state index contributed by atoms with van der Waals surface area (Å²) >= 11 is 0. The Morgan fingerprint density at radius 1 is 1.26 bits per heavy atom. The number of rotatable bonds is 4. The minimum atomic E-state index is -0.215. The van der Waals surface area contributed by atoms with Crippen LogP contribution in [0.15, 0.2) is 24.3 Å². The van der Waals surface area contributed by atoms with Gasteiger partial charge in [-0.2, -0.15) is 0 Å². The standard InChI is InChI=1S/C15H20O4/c1-10-5-3-4-6-11(10)8-17-12-7-13(16-2)15-18-9-14(12)19-15/h3-6,12-15H,7-9H2,1-2H3/t12-,13+,14+,15?/m0/s1. The van der Waals surface area contributed by atoms with Crippen molar-refractivity contribution in [3.63, 3.8) is 0 Å². The fourth-order valence-corrected chi connectivity index (χ4v) is 2.67. The SMILES string of the molecule is CO[C@@H]1C[C@H](OCc2ccccc2C)[C@H]2COC1O2. The highest BCUT2D eigenvalue weighted by atomic mass is 16.7. The number of hydrogen-bond acceptors (Lipinski definition) is 4. The third-order valence-electron chi connectivity index (χ3n) is 3.93. The van der Waals surface area contributed by atoms with Gasteiger partial charge < -0.3 is 18.9 Å². The van der Waals surface area contributed by atoms with E-state index in [0.29, 0.717) is 13.2 Å². The molecule has 0 radical (unpaired) electrons. The highest BCUT2D eigenvalue weighted by Gasteiger charge is 2.44. The van der Waals surface area contributed by atoms with Crippen LogP contribution in [-0.4, -0.2) is 38.3 Å². The number of fused-ring (bicyclic) bond motifs is 2. The summed E-state index contributed by atoms with van der Waals surface area (Å²) < 4.78 is 22.7. The molecule has 2 fully saturated rings. The molecule has 0 saturated carbocycles. The minimum Gasteiger partial charge on any atom is -0.376 e. The van der Waals surface area contributed by atoms with Gasteiger partial charge in [-0.1, -0.05) is 24.3 Å². The molecule has 1 aromatic carbocycles. The van der Waals surface area contributed by atoms with E-state index in [1.165, 1.54) is 11.1 Å². The number of benzene rings is 1. The van der Waals surface area contributed by atoms with Crippen molar-refractivity contribution in [2.24, 2.45) is 0 Å². The highest BCUT2D eigenvalue weighted by Crippen LogP contribution is 2.31. The quantitative estimate of drug-likeness (QED) is 0.834. The molecular formula is C15H20O4. The molecule has 4 nitrogen and oxygen atoms in total. The van der Waals surface area contributed by atoms with Crippen LogP contribution in [0.1, 0.15) is 17.5 Å². The van der Waals surface area contributed by atoms with Gasteiger partial charge in [0.05, 0.1) is 19.3 Å². The average molecular weight is 264 g/mol. The number of ether oxygens (including phenoxy) is 4. The second-order valence-electron chi connectivity index (χ2n) is 5.16. The molecule has 3 rings (SSSR count). The summed E-state index contributed by atoms with van der Waals surface area (Å²) in [6.07, 6.45) is 0.676. The van der Waals surface area contributed by atoms with E-state index in [1.807, 2.05) is 12.1 Å². The molecule has 0 N–H and O–H groups in total. The molecule has 4 atom stereocenters. The van der Waals surface area contributed by atoms with Crippen molar-refractivity contribution in [3.05, 3.63) is 35.4 Å². The summed E-state index contributed by atoms with van der Waals surface area (Å²) in [6, 6.07) is 8.28. The van der Waals surface area contributed by atoms with Gasteiger partial charge in [-0.05, 0) is 18.1 Å². The van der Waals surface area contributed by atoms with E-state index in [2.05, 4.69) is 19.1 Å². The highest BCUT2D eigenvalue weighted by molar-refractivity contribution is 5.24. The Bertz CT molecular complexity index is 434. The zero-order valence-electron chi connectivity index (χ0n) is 11.4. The summed E-state index contributed by atoms with van der Waals surface area (Å²) in [5, 5.41) is 0. The lowest BCUT2D eigenvalue weighted by Crippen LogP contribution is -2.44. The van der Waals surface area contributed by atoms with E-state index >= 15 is 0 Å². The van der Waals surface area contributed by atoms with Crippen LogP contribution in [-0.2, 0) is 25.6 Å². The van der Waals surface area contributed by atoms with E-state index in [9.17, 15) is 0 Å². The second kappa shape index (κ2) is 5.59. The molecule has 19 heavy (non-hydrogen) atoms. The zero-order chi connectivity index (χ0) is 13.2. The van der Waals surface area contributed by atoms with Crippen molar-refractivity contribution < 1.29 is 18.9 Å². The van der Waals surface area contributed by atoms with Gasteiger partial charge in [-0.3, -0.25) is 0 Å². The van der Waals surface area contributed by atoms with Gasteiger partial charge in [0, 0.05) is 13.5 Å². The van der Waals surface area contributed by atoms with Gasteiger partial charge >= 0.3 is 0 Å². The summed E-state index contributed by atoms with van der Waals surface area (Å²) in [7, 11) is 1.69. The van der Waals surface area contributed by atoms with Crippen molar-refractivity contribution in [1.82, 2.24) is 0 Å². The lowest BCUT2D eigenvalue weighted by Gasteiger charge is -2.32. The Labute approximate surface area is 113 Å². The molecule has 0 spiro atoms. The van der Waals surface area contributed by atoms with Crippen molar-refractivity contribution in [2.45, 2.75) is 44.6 Å². The lowest BCUT2D eigenvalue weighted by molar-refractivity contribution is -0.200. The number of hydrogen-bond donors (Lipinski definition) is 0. The Morgan fingerprint density at radius 3 is 2.89 bits per heavy atom. The van der Waals surface area contributed by atoms with E-state index in [-0.39, 0.29) is 24.6 Å². The number of aryl methyl sites for hydroxylation is 1. The van der Waals surface area contributed by atoms with Gasteiger partial charge in [-0.25, -0.2) is 0 Å². The Hall–Kier alpha value is -0.940. The van der Waals surface area contributed by atoms with Crippen LogP contribution in [0.3, 0.4) is 0 Å². The van der Waals surface area contributed by atoms with Crippen LogP contribution in [0.4, 0.5) is 0 Å². The van der Waals surface area contributed by atoms with Crippen LogP contribution < -0.4 is 0 Å². The molecule has 104 valence electrons. The largest absolute Gasteiger partial charge is 0.376 e. The van der Waals surface area contributed by atoms with Crippen molar-refractivity contribution in [2.75, 3.05) is 13.7 Å². The molecule has 2 bridgehead atoms. The van der Waals surface area contributed by atoms with Crippen LogP contribution in [0.25, 0.3) is 0 Å². The van der Waals surface area contributed by atoms with Crippen LogP contribution >= 0.6 is 0 Å². The maximum atomic E-state index is 6.03. The van der Waals surface area contributed by atoms with E-state index in [0.717, 1.165) is 6.42 Å². The lowest BCUT2D eigenvalue weighted by atomic mass is 10.0. The summed E-state index contributed by atoms with van der Waals surface area (Å²) in [5.74, 6) is 0. The predicted molar refractivity (Wildman–Crippen MR) is 69.8 cm³/mol. The topological polar surface area (TPSA) is 36.9 Å². The van der Waals surface area contributed by atoms with E-state index in [1.54, 1.807) is 7.11 Å². The number of methoxy groups -OCH3 is 1. The average Bonchev–Trinajstić information content (AvgIpc) is 2.85. The van der Waals surface area contributed by atoms with Crippen LogP contribution in [0.2, 0.25) is 0 Å². The van der Waals surface area contributed by atoms with Crippen LogP contribution in [0.5, 0.6) is 0 Å². The van der Waals surface area contributed by atoms with Gasteiger partial charge in [0.2, 0.25) is 0 Å². The fourth-order valence-electron chi connectivity index (χ4n) is 2.67. The first-order valence-electron chi connectivity index (χ1n) is 6.74. The van der Waals surface area contributed by atoms with Crippen molar-refractivity contribution in [1.29, 1.82) is 0 Å². The first kappa shape index (κ1) is 13.1. The first-order valence-corrected chi connectivity index (χ1v) is 6.74. The van der Waals surface area contributed by atoms with Gasteiger partial charge in [-0.15, -0.1) is 0 Å². The molecule has 1 aromatic rings. The molecule has 4 heteroatoms.